The van der Waals surface area contributed by atoms with Gasteiger partial charge in [-0.2, -0.15) is 13.2 Å². The number of hydrogen-bond donors (Lipinski definition) is 2. The minimum Gasteiger partial charge on any atom is -0.465 e. The maximum Gasteiger partial charge on any atom is 0.471 e. The minimum absolute atomic E-state index is 0.282. The lowest BCUT2D eigenvalue weighted by molar-refractivity contribution is -0.174. The average Bonchev–Trinajstić information content (AvgIpc) is 3.14. The summed E-state index contributed by atoms with van der Waals surface area (Å²) in [5, 5.41) is 5.97. The molecule has 0 aliphatic heterocycles. The molecule has 6 nitrogen and oxygen atoms in total. The summed E-state index contributed by atoms with van der Waals surface area (Å²) in [6.07, 6.45) is -5.43. The number of carbonyl (C=O) groups excluding carboxylic acids is 3. The number of alkyl halides is 3. The molecule has 0 saturated heterocycles. The molecule has 0 bridgehead atoms. The number of ether oxygens (including phenoxy) is 1. The fourth-order valence-electron chi connectivity index (χ4n) is 2.16. The lowest BCUT2D eigenvalue weighted by Gasteiger charge is -2.18. The van der Waals surface area contributed by atoms with E-state index in [1.807, 2.05) is 5.32 Å². The number of amides is 2. The van der Waals surface area contributed by atoms with Gasteiger partial charge in [-0.15, -0.1) is 11.3 Å². The highest BCUT2D eigenvalue weighted by atomic mass is 32.1. The van der Waals surface area contributed by atoms with Gasteiger partial charge in [0.05, 0.1) is 25.1 Å². The van der Waals surface area contributed by atoms with Crippen LogP contribution in [0.4, 0.5) is 18.9 Å². The molecule has 1 aromatic carbocycles. The molecular formula is C17H15F3N2O4S. The van der Waals surface area contributed by atoms with Gasteiger partial charge in [-0.1, -0.05) is 6.07 Å². The Bertz CT molecular complexity index is 805. The van der Waals surface area contributed by atoms with E-state index >= 15 is 0 Å². The van der Waals surface area contributed by atoms with Crippen LogP contribution in [0.2, 0.25) is 0 Å². The zero-order valence-corrected chi connectivity index (χ0v) is 14.8. The summed E-state index contributed by atoms with van der Waals surface area (Å²) in [4.78, 5) is 35.2. The molecule has 0 spiro atoms. The maximum atomic E-state index is 12.5. The highest BCUT2D eigenvalue weighted by Gasteiger charge is 2.40. The SMILES string of the molecule is COC(=O)c1ccc(NC(=O)C[C@H](NC(=O)C(F)(F)F)c2cccs2)cc1. The van der Waals surface area contributed by atoms with Crippen LogP contribution < -0.4 is 10.6 Å². The molecule has 2 aromatic rings. The number of thiophene rings is 1. The predicted octanol–water partition coefficient (Wildman–Crippen LogP) is 3.28. The molecule has 2 N–H and O–H groups in total. The van der Waals surface area contributed by atoms with Gasteiger partial charge < -0.3 is 15.4 Å². The van der Waals surface area contributed by atoms with Crippen molar-refractivity contribution in [2.24, 2.45) is 0 Å². The average molecular weight is 400 g/mol. The Balaban J connectivity index is 2.05. The number of carbonyl (C=O) groups is 3. The molecule has 1 aromatic heterocycles. The Morgan fingerprint density at radius 1 is 1.15 bits per heavy atom. The first kappa shape index (κ1) is 20.4. The molecule has 27 heavy (non-hydrogen) atoms. The number of anilines is 1. The second-order valence-corrected chi connectivity index (χ2v) is 6.34. The first-order chi connectivity index (χ1) is 12.7. The van der Waals surface area contributed by atoms with Gasteiger partial charge in [0, 0.05) is 10.6 Å². The normalized spacial score (nSPS) is 12.1. The minimum atomic E-state index is -5.05. The van der Waals surface area contributed by atoms with Crippen LogP contribution in [0.25, 0.3) is 0 Å². The van der Waals surface area contributed by atoms with Gasteiger partial charge in [-0.05, 0) is 35.7 Å². The van der Waals surface area contributed by atoms with Gasteiger partial charge in [-0.3, -0.25) is 9.59 Å². The number of halogens is 3. The van der Waals surface area contributed by atoms with Crippen molar-refractivity contribution in [2.75, 3.05) is 12.4 Å². The fraction of sp³-hybridized carbons (Fsp3) is 0.235. The second kappa shape index (κ2) is 8.67. The highest BCUT2D eigenvalue weighted by Crippen LogP contribution is 2.25. The summed E-state index contributed by atoms with van der Waals surface area (Å²) >= 11 is 1.13. The lowest BCUT2D eigenvalue weighted by Crippen LogP contribution is -2.40. The maximum absolute atomic E-state index is 12.5. The van der Waals surface area contributed by atoms with E-state index < -0.39 is 30.0 Å². The summed E-state index contributed by atoms with van der Waals surface area (Å²) in [6.45, 7) is 0. The molecule has 10 heteroatoms. The number of rotatable bonds is 6. The molecule has 144 valence electrons. The third kappa shape index (κ3) is 5.81. The van der Waals surface area contributed by atoms with E-state index in [1.54, 1.807) is 11.4 Å². The molecular weight excluding hydrogens is 385 g/mol. The molecule has 0 radical (unpaired) electrons. The molecule has 0 saturated carbocycles. The molecule has 2 amide bonds. The van der Waals surface area contributed by atoms with Crippen molar-refractivity contribution in [1.29, 1.82) is 0 Å². The summed E-state index contributed by atoms with van der Waals surface area (Å²) in [5.41, 5.74) is 0.629. The standard InChI is InChI=1S/C17H15F3N2O4S/c1-26-15(24)10-4-6-11(7-5-10)21-14(23)9-12(13-3-2-8-27-13)22-16(25)17(18,19)20/h2-8,12H,9H2,1H3,(H,21,23)(H,22,25)/t12-/m0/s1. The van der Waals surface area contributed by atoms with Crippen LogP contribution >= 0.6 is 11.3 Å². The van der Waals surface area contributed by atoms with E-state index in [2.05, 4.69) is 10.1 Å². The molecule has 0 fully saturated rings. The van der Waals surface area contributed by atoms with Crippen molar-refractivity contribution >= 4 is 34.8 Å². The zero-order chi connectivity index (χ0) is 20.0. The quantitative estimate of drug-likeness (QED) is 0.729. The number of methoxy groups -OCH3 is 1. The van der Waals surface area contributed by atoms with Crippen LogP contribution in [-0.2, 0) is 14.3 Å². The summed E-state index contributed by atoms with van der Waals surface area (Å²) in [6, 6.07) is 7.80. The Morgan fingerprint density at radius 2 is 1.81 bits per heavy atom. The monoisotopic (exact) mass is 400 g/mol. The molecule has 0 unspecified atom stereocenters. The number of benzene rings is 1. The molecule has 0 aliphatic carbocycles. The molecule has 0 aliphatic rings. The van der Waals surface area contributed by atoms with Crippen LogP contribution in [0.3, 0.4) is 0 Å². The van der Waals surface area contributed by atoms with Crippen molar-refractivity contribution < 1.29 is 32.3 Å². The molecule has 1 atom stereocenters. The van der Waals surface area contributed by atoms with Gasteiger partial charge in [-0.25, -0.2) is 4.79 Å². The Kier molecular flexibility index (Phi) is 6.56. The Labute approximate surface area is 156 Å². The van der Waals surface area contributed by atoms with E-state index in [-0.39, 0.29) is 12.0 Å². The second-order valence-electron chi connectivity index (χ2n) is 5.36. The number of hydrogen-bond acceptors (Lipinski definition) is 5. The van der Waals surface area contributed by atoms with E-state index in [4.69, 9.17) is 0 Å². The Morgan fingerprint density at radius 3 is 2.33 bits per heavy atom. The summed E-state index contributed by atoms with van der Waals surface area (Å²) in [7, 11) is 1.23. The van der Waals surface area contributed by atoms with Gasteiger partial charge >= 0.3 is 18.1 Å². The predicted molar refractivity (Wildman–Crippen MR) is 92.3 cm³/mol. The molecule has 1 heterocycles. The van der Waals surface area contributed by atoms with Crippen molar-refractivity contribution in [3.63, 3.8) is 0 Å². The first-order valence-electron chi connectivity index (χ1n) is 7.60. The van der Waals surface area contributed by atoms with Crippen LogP contribution in [0.5, 0.6) is 0 Å². The van der Waals surface area contributed by atoms with Gasteiger partial charge in [0.2, 0.25) is 5.91 Å². The van der Waals surface area contributed by atoms with Crippen LogP contribution in [0, 0.1) is 0 Å². The van der Waals surface area contributed by atoms with Crippen molar-refractivity contribution in [2.45, 2.75) is 18.6 Å². The van der Waals surface area contributed by atoms with Crippen LogP contribution in [-0.4, -0.2) is 31.1 Å². The van der Waals surface area contributed by atoms with Crippen LogP contribution in [0.1, 0.15) is 27.7 Å². The van der Waals surface area contributed by atoms with Gasteiger partial charge in [0.15, 0.2) is 0 Å². The van der Waals surface area contributed by atoms with Crippen molar-refractivity contribution in [1.82, 2.24) is 5.32 Å². The van der Waals surface area contributed by atoms with E-state index in [1.165, 1.54) is 37.4 Å². The highest BCUT2D eigenvalue weighted by molar-refractivity contribution is 7.10. The lowest BCUT2D eigenvalue weighted by atomic mass is 10.1. The first-order valence-corrected chi connectivity index (χ1v) is 8.48. The zero-order valence-electron chi connectivity index (χ0n) is 14.0. The third-order valence-corrected chi connectivity index (χ3v) is 4.41. The number of nitrogens with one attached hydrogen (secondary N) is 2. The third-order valence-electron chi connectivity index (χ3n) is 3.43. The van der Waals surface area contributed by atoms with E-state index in [0.717, 1.165) is 11.3 Å². The van der Waals surface area contributed by atoms with Crippen molar-refractivity contribution in [3.05, 3.63) is 52.2 Å². The summed E-state index contributed by atoms with van der Waals surface area (Å²) in [5.74, 6) is -3.25. The molecule has 2 rings (SSSR count). The fourth-order valence-corrected chi connectivity index (χ4v) is 2.94. The number of esters is 1. The van der Waals surface area contributed by atoms with E-state index in [9.17, 15) is 27.6 Å². The van der Waals surface area contributed by atoms with Crippen molar-refractivity contribution in [3.8, 4) is 0 Å². The van der Waals surface area contributed by atoms with E-state index in [0.29, 0.717) is 10.6 Å². The Hall–Kier alpha value is -2.88. The smallest absolute Gasteiger partial charge is 0.465 e. The van der Waals surface area contributed by atoms with Crippen LogP contribution in [0.15, 0.2) is 41.8 Å². The largest absolute Gasteiger partial charge is 0.471 e. The van der Waals surface area contributed by atoms with Gasteiger partial charge in [0.25, 0.3) is 0 Å². The summed E-state index contributed by atoms with van der Waals surface area (Å²) < 4.78 is 42.1. The van der Waals surface area contributed by atoms with Gasteiger partial charge in [0.1, 0.15) is 0 Å². The topological polar surface area (TPSA) is 84.5 Å².